The van der Waals surface area contributed by atoms with Crippen molar-refractivity contribution in [2.24, 2.45) is 0 Å². The zero-order valence-electron chi connectivity index (χ0n) is 18.3. The molecule has 0 aliphatic carbocycles. The molecule has 0 saturated heterocycles. The first-order chi connectivity index (χ1) is 16.8. The lowest BCUT2D eigenvalue weighted by Gasteiger charge is -2.16. The number of aromatic nitrogens is 2. The summed E-state index contributed by atoms with van der Waals surface area (Å²) < 4.78 is 23.3. The molecule has 0 fully saturated rings. The van der Waals surface area contributed by atoms with Crippen LogP contribution in [0.4, 0.5) is 0 Å². The van der Waals surface area contributed by atoms with Crippen LogP contribution in [-0.4, -0.2) is 23.6 Å². The SMILES string of the molecule is Cc1cc2c3c(ccc2c2ccc4c(-c5ccc6nc[nH]c6c5)c5c(cc4c12)OCO5)OCO3. The van der Waals surface area contributed by atoms with E-state index in [-0.39, 0.29) is 13.6 Å². The number of rotatable bonds is 1. The van der Waals surface area contributed by atoms with Gasteiger partial charge in [0.15, 0.2) is 23.0 Å². The van der Waals surface area contributed by atoms with Crippen molar-refractivity contribution in [2.75, 3.05) is 13.6 Å². The van der Waals surface area contributed by atoms with Gasteiger partial charge in [0.05, 0.1) is 17.4 Å². The van der Waals surface area contributed by atoms with Gasteiger partial charge in [0, 0.05) is 10.9 Å². The molecule has 1 N–H and O–H groups in total. The van der Waals surface area contributed by atoms with E-state index in [2.05, 4.69) is 59.4 Å². The number of imidazole rings is 1. The van der Waals surface area contributed by atoms with Gasteiger partial charge in [-0.25, -0.2) is 4.98 Å². The number of H-pyrrole nitrogens is 1. The largest absolute Gasteiger partial charge is 0.454 e. The number of fused-ring (bicyclic) bond motifs is 9. The molecule has 0 saturated carbocycles. The lowest BCUT2D eigenvalue weighted by Crippen LogP contribution is -1.94. The number of ether oxygens (including phenoxy) is 4. The zero-order chi connectivity index (χ0) is 22.4. The van der Waals surface area contributed by atoms with E-state index in [4.69, 9.17) is 18.9 Å². The highest BCUT2D eigenvalue weighted by atomic mass is 16.7. The highest BCUT2D eigenvalue weighted by Crippen LogP contribution is 2.50. The van der Waals surface area contributed by atoms with E-state index in [1.165, 1.54) is 16.3 Å². The summed E-state index contributed by atoms with van der Waals surface area (Å²) in [7, 11) is 0. The number of aryl methyl sites for hydroxylation is 1. The molecule has 2 aliphatic rings. The number of hydrogen-bond acceptors (Lipinski definition) is 5. The minimum absolute atomic E-state index is 0.217. The van der Waals surface area contributed by atoms with Crippen LogP contribution in [0, 0.1) is 6.92 Å². The predicted molar refractivity (Wildman–Crippen MR) is 131 cm³/mol. The summed E-state index contributed by atoms with van der Waals surface area (Å²) in [6.45, 7) is 2.63. The third-order valence-corrected chi connectivity index (χ3v) is 6.99. The van der Waals surface area contributed by atoms with Crippen LogP contribution in [0.2, 0.25) is 0 Å². The van der Waals surface area contributed by atoms with Crippen molar-refractivity contribution in [3.05, 3.63) is 66.5 Å². The van der Waals surface area contributed by atoms with E-state index >= 15 is 0 Å². The van der Waals surface area contributed by atoms with Crippen LogP contribution >= 0.6 is 0 Å². The van der Waals surface area contributed by atoms with Crippen LogP contribution in [0.25, 0.3) is 54.5 Å². The number of nitrogens with one attached hydrogen (secondary N) is 1. The second-order valence-corrected chi connectivity index (χ2v) is 8.79. The maximum Gasteiger partial charge on any atom is 0.231 e. The topological polar surface area (TPSA) is 65.6 Å². The summed E-state index contributed by atoms with van der Waals surface area (Å²) in [5, 5.41) is 6.85. The highest BCUT2D eigenvalue weighted by molar-refractivity contribution is 6.22. The van der Waals surface area contributed by atoms with Gasteiger partial charge in [0.1, 0.15) is 0 Å². The fourth-order valence-corrected chi connectivity index (χ4v) is 5.52. The molecule has 2 aliphatic heterocycles. The first kappa shape index (κ1) is 18.0. The number of aromatic amines is 1. The Kier molecular flexibility index (Phi) is 3.35. The molecule has 5 aromatic carbocycles. The Morgan fingerprint density at radius 1 is 0.706 bits per heavy atom. The first-order valence-electron chi connectivity index (χ1n) is 11.2. The lowest BCUT2D eigenvalue weighted by molar-refractivity contribution is 0.174. The Balaban J connectivity index is 1.51. The summed E-state index contributed by atoms with van der Waals surface area (Å²) in [5.41, 5.74) is 5.19. The fourth-order valence-electron chi connectivity index (χ4n) is 5.52. The molecule has 6 heteroatoms. The van der Waals surface area contributed by atoms with Gasteiger partial charge >= 0.3 is 0 Å². The van der Waals surface area contributed by atoms with Gasteiger partial charge in [0.25, 0.3) is 0 Å². The minimum atomic E-state index is 0.217. The van der Waals surface area contributed by atoms with Crippen molar-refractivity contribution in [3.8, 4) is 34.1 Å². The van der Waals surface area contributed by atoms with Crippen LogP contribution in [0.3, 0.4) is 0 Å². The molecule has 0 amide bonds. The fraction of sp³-hybridized carbons (Fsp3) is 0.107. The standard InChI is InChI=1S/C28H18N2O4/c1-14-8-20-16(5-7-23-27(20)33-12-31-23)17-3-4-18-19(25(14)17)10-24-28(34-13-32-24)26(18)15-2-6-21-22(9-15)30-11-29-21/h2-11H,12-13H2,1H3,(H,29,30). The van der Waals surface area contributed by atoms with Crippen molar-refractivity contribution in [1.29, 1.82) is 0 Å². The monoisotopic (exact) mass is 446 g/mol. The van der Waals surface area contributed by atoms with E-state index in [1.54, 1.807) is 6.33 Å². The quantitative estimate of drug-likeness (QED) is 0.294. The summed E-state index contributed by atoms with van der Waals surface area (Å²) in [6.07, 6.45) is 1.72. The molecule has 6 nitrogen and oxygen atoms in total. The van der Waals surface area contributed by atoms with Gasteiger partial charge in [-0.2, -0.15) is 0 Å². The summed E-state index contributed by atoms with van der Waals surface area (Å²) in [5.74, 6) is 3.17. The van der Waals surface area contributed by atoms with Crippen molar-refractivity contribution >= 4 is 43.4 Å². The maximum atomic E-state index is 5.97. The molecular weight excluding hydrogens is 428 g/mol. The number of nitrogens with zero attached hydrogens (tertiary/aromatic N) is 1. The predicted octanol–water partition coefficient (Wildman–Crippen LogP) is 6.46. The maximum absolute atomic E-state index is 5.97. The zero-order valence-corrected chi connectivity index (χ0v) is 18.3. The molecule has 1 aromatic heterocycles. The van der Waals surface area contributed by atoms with Crippen LogP contribution in [0.1, 0.15) is 5.56 Å². The summed E-state index contributed by atoms with van der Waals surface area (Å²) in [6, 6.07) is 19.1. The van der Waals surface area contributed by atoms with Crippen molar-refractivity contribution in [2.45, 2.75) is 6.92 Å². The molecule has 0 bridgehead atoms. The smallest absolute Gasteiger partial charge is 0.231 e. The molecule has 3 heterocycles. The third kappa shape index (κ3) is 2.27. The van der Waals surface area contributed by atoms with Gasteiger partial charge in [-0.15, -0.1) is 0 Å². The second kappa shape index (κ2) is 6.32. The second-order valence-electron chi connectivity index (χ2n) is 8.79. The van der Waals surface area contributed by atoms with E-state index in [0.717, 1.165) is 66.7 Å². The molecule has 8 rings (SSSR count). The molecular formula is C28H18N2O4. The third-order valence-electron chi connectivity index (χ3n) is 6.99. The van der Waals surface area contributed by atoms with Crippen LogP contribution in [0.5, 0.6) is 23.0 Å². The van der Waals surface area contributed by atoms with E-state index < -0.39 is 0 Å². The van der Waals surface area contributed by atoms with Gasteiger partial charge in [-0.1, -0.05) is 18.2 Å². The Bertz CT molecular complexity index is 1840. The van der Waals surface area contributed by atoms with Crippen molar-refractivity contribution < 1.29 is 18.9 Å². The van der Waals surface area contributed by atoms with Crippen molar-refractivity contribution in [1.82, 2.24) is 9.97 Å². The molecule has 6 aromatic rings. The Labute approximate surface area is 193 Å². The Morgan fingerprint density at radius 3 is 2.47 bits per heavy atom. The van der Waals surface area contributed by atoms with Gasteiger partial charge in [-0.3, -0.25) is 0 Å². The Hall–Kier alpha value is -4.45. The number of hydrogen-bond donors (Lipinski definition) is 1. The highest BCUT2D eigenvalue weighted by Gasteiger charge is 2.25. The average Bonchev–Trinajstić information content (AvgIpc) is 3.62. The molecule has 34 heavy (non-hydrogen) atoms. The van der Waals surface area contributed by atoms with Gasteiger partial charge in [-0.05, 0) is 81.4 Å². The summed E-state index contributed by atoms with van der Waals surface area (Å²) in [4.78, 5) is 7.58. The molecule has 0 atom stereocenters. The molecule has 0 unspecified atom stereocenters. The van der Waals surface area contributed by atoms with Crippen LogP contribution < -0.4 is 18.9 Å². The van der Waals surface area contributed by atoms with Crippen molar-refractivity contribution in [3.63, 3.8) is 0 Å². The van der Waals surface area contributed by atoms with Crippen LogP contribution in [-0.2, 0) is 0 Å². The van der Waals surface area contributed by atoms with Gasteiger partial charge in [0.2, 0.25) is 13.6 Å². The normalized spacial score (nSPS) is 14.1. The first-order valence-corrected chi connectivity index (χ1v) is 11.2. The Morgan fingerprint density at radius 2 is 1.53 bits per heavy atom. The summed E-state index contributed by atoms with van der Waals surface area (Å²) >= 11 is 0. The van der Waals surface area contributed by atoms with E-state index in [0.29, 0.717) is 0 Å². The van der Waals surface area contributed by atoms with Crippen LogP contribution in [0.15, 0.2) is 60.9 Å². The van der Waals surface area contributed by atoms with E-state index in [9.17, 15) is 0 Å². The number of benzene rings is 5. The molecule has 164 valence electrons. The average molecular weight is 446 g/mol. The lowest BCUT2D eigenvalue weighted by atomic mass is 9.89. The van der Waals surface area contributed by atoms with E-state index in [1.807, 2.05) is 12.1 Å². The van der Waals surface area contributed by atoms with Gasteiger partial charge < -0.3 is 23.9 Å². The minimum Gasteiger partial charge on any atom is -0.454 e. The molecule has 0 spiro atoms. The molecule has 0 radical (unpaired) electrons.